The van der Waals surface area contributed by atoms with E-state index >= 15 is 0 Å². The summed E-state index contributed by atoms with van der Waals surface area (Å²) in [6, 6.07) is 9.98. The molecule has 1 fully saturated rings. The highest BCUT2D eigenvalue weighted by molar-refractivity contribution is 5.94. The Bertz CT molecular complexity index is 1360. The van der Waals surface area contributed by atoms with Gasteiger partial charge in [-0.15, -0.1) is 0 Å². The molecular weight excluding hydrogens is 440 g/mol. The lowest BCUT2D eigenvalue weighted by Crippen LogP contribution is -2.31. The van der Waals surface area contributed by atoms with Crippen LogP contribution in [0, 0.1) is 11.6 Å². The monoisotopic (exact) mass is 461 g/mol. The number of nitrogens with zero attached hydrogens (tertiary/aromatic N) is 5. The van der Waals surface area contributed by atoms with Gasteiger partial charge in [0, 0.05) is 23.2 Å². The molecule has 1 aliphatic rings. The fourth-order valence-corrected chi connectivity index (χ4v) is 3.95. The smallest absolute Gasteiger partial charge is 0.239 e. The summed E-state index contributed by atoms with van der Waals surface area (Å²) in [5.74, 6) is -0.545. The van der Waals surface area contributed by atoms with E-state index in [0.717, 1.165) is 44.1 Å². The summed E-state index contributed by atoms with van der Waals surface area (Å²) in [6.07, 6.45) is 5.11. The third kappa shape index (κ3) is 4.81. The highest BCUT2D eigenvalue weighted by Crippen LogP contribution is 2.31. The normalized spacial score (nSPS) is 13.8. The molecule has 0 spiro atoms. The van der Waals surface area contributed by atoms with Gasteiger partial charge in [0.15, 0.2) is 5.65 Å². The van der Waals surface area contributed by atoms with Crippen molar-refractivity contribution in [3.63, 3.8) is 0 Å². The average molecular weight is 461 g/mol. The standard InChI is InChI=1S/C24H21F2N7O/c25-15-5-6-18(26)17(10-15)20-11-19(16-4-3-7-27-24(16)31-20)30-21-12-22(29-14-28-21)32-23(34)13-33-8-1-2-9-33/h3-7,10-12,14H,1-2,8-9,13H2,(H2,27,28,29,30,31,32,34). The van der Waals surface area contributed by atoms with Crippen molar-refractivity contribution >= 4 is 34.3 Å². The Hall–Kier alpha value is -4.05. The van der Waals surface area contributed by atoms with Gasteiger partial charge in [0.2, 0.25) is 5.91 Å². The molecule has 4 aromatic rings. The largest absolute Gasteiger partial charge is 0.339 e. The topological polar surface area (TPSA) is 95.9 Å². The van der Waals surface area contributed by atoms with E-state index in [1.165, 1.54) is 6.33 Å². The Labute approximate surface area is 194 Å². The highest BCUT2D eigenvalue weighted by atomic mass is 19.1. The summed E-state index contributed by atoms with van der Waals surface area (Å²) < 4.78 is 28.2. The molecule has 34 heavy (non-hydrogen) atoms. The van der Waals surface area contributed by atoms with Crippen molar-refractivity contribution in [1.29, 1.82) is 0 Å². The minimum absolute atomic E-state index is 0.0214. The molecule has 5 rings (SSSR count). The maximum Gasteiger partial charge on any atom is 0.239 e. The molecule has 4 heterocycles. The van der Waals surface area contributed by atoms with E-state index in [0.29, 0.717) is 34.9 Å². The van der Waals surface area contributed by atoms with Crippen LogP contribution in [0.15, 0.2) is 55.0 Å². The number of rotatable bonds is 6. The molecular formula is C24H21F2N7O. The van der Waals surface area contributed by atoms with Crippen LogP contribution in [-0.2, 0) is 4.79 Å². The van der Waals surface area contributed by atoms with Crippen LogP contribution in [0.1, 0.15) is 12.8 Å². The number of hydrogen-bond acceptors (Lipinski definition) is 7. The summed E-state index contributed by atoms with van der Waals surface area (Å²) in [7, 11) is 0. The molecule has 172 valence electrons. The summed E-state index contributed by atoms with van der Waals surface area (Å²) in [6.45, 7) is 2.15. The lowest BCUT2D eigenvalue weighted by molar-refractivity contribution is -0.117. The summed E-state index contributed by atoms with van der Waals surface area (Å²) in [5, 5.41) is 6.63. The molecule has 1 aromatic carbocycles. The van der Waals surface area contributed by atoms with Crippen molar-refractivity contribution in [3.8, 4) is 11.3 Å². The summed E-state index contributed by atoms with van der Waals surface area (Å²) >= 11 is 0. The Morgan fingerprint density at radius 1 is 1.00 bits per heavy atom. The lowest BCUT2D eigenvalue weighted by Gasteiger charge is -2.14. The van der Waals surface area contributed by atoms with Crippen molar-refractivity contribution in [1.82, 2.24) is 24.8 Å². The van der Waals surface area contributed by atoms with Crippen molar-refractivity contribution in [3.05, 3.63) is 66.6 Å². The Kier molecular flexibility index (Phi) is 6.05. The molecule has 0 aliphatic carbocycles. The fraction of sp³-hybridized carbons (Fsp3) is 0.208. The van der Waals surface area contributed by atoms with E-state index in [-0.39, 0.29) is 17.2 Å². The molecule has 3 aromatic heterocycles. The van der Waals surface area contributed by atoms with Gasteiger partial charge in [-0.3, -0.25) is 9.69 Å². The number of halogens is 2. The van der Waals surface area contributed by atoms with E-state index in [9.17, 15) is 13.6 Å². The van der Waals surface area contributed by atoms with Crippen LogP contribution >= 0.6 is 0 Å². The number of carbonyl (C=O) groups excluding carboxylic acids is 1. The van der Waals surface area contributed by atoms with Crippen LogP contribution in [0.2, 0.25) is 0 Å². The summed E-state index contributed by atoms with van der Waals surface area (Å²) in [4.78, 5) is 31.5. The molecule has 1 amide bonds. The first kappa shape index (κ1) is 21.8. The molecule has 8 nitrogen and oxygen atoms in total. The Morgan fingerprint density at radius 2 is 1.82 bits per heavy atom. The number of pyridine rings is 2. The van der Waals surface area contributed by atoms with Gasteiger partial charge in [0.1, 0.15) is 29.6 Å². The number of hydrogen-bond donors (Lipinski definition) is 2. The quantitative estimate of drug-likeness (QED) is 0.445. The third-order valence-corrected chi connectivity index (χ3v) is 5.55. The highest BCUT2D eigenvalue weighted by Gasteiger charge is 2.16. The Morgan fingerprint density at radius 3 is 2.68 bits per heavy atom. The number of carbonyl (C=O) groups is 1. The predicted molar refractivity (Wildman–Crippen MR) is 125 cm³/mol. The van der Waals surface area contributed by atoms with Crippen molar-refractivity contribution in [2.45, 2.75) is 12.8 Å². The zero-order valence-corrected chi connectivity index (χ0v) is 18.1. The zero-order valence-electron chi connectivity index (χ0n) is 18.1. The van der Waals surface area contributed by atoms with Crippen LogP contribution in [0.4, 0.5) is 26.1 Å². The first-order valence-corrected chi connectivity index (χ1v) is 10.9. The fourth-order valence-electron chi connectivity index (χ4n) is 3.95. The van der Waals surface area contributed by atoms with Gasteiger partial charge in [-0.2, -0.15) is 0 Å². The maximum atomic E-state index is 14.4. The van der Waals surface area contributed by atoms with Crippen molar-refractivity contribution < 1.29 is 13.6 Å². The van der Waals surface area contributed by atoms with Crippen LogP contribution in [0.5, 0.6) is 0 Å². The second-order valence-electron chi connectivity index (χ2n) is 8.00. The number of nitrogens with one attached hydrogen (secondary N) is 2. The molecule has 2 N–H and O–H groups in total. The predicted octanol–water partition coefficient (Wildman–Crippen LogP) is 4.14. The van der Waals surface area contributed by atoms with Gasteiger partial charge in [-0.25, -0.2) is 28.7 Å². The minimum Gasteiger partial charge on any atom is -0.339 e. The van der Waals surface area contributed by atoms with Gasteiger partial charge < -0.3 is 10.6 Å². The van der Waals surface area contributed by atoms with Gasteiger partial charge in [-0.1, -0.05) is 0 Å². The van der Waals surface area contributed by atoms with Gasteiger partial charge >= 0.3 is 0 Å². The van der Waals surface area contributed by atoms with Crippen molar-refractivity contribution in [2.24, 2.45) is 0 Å². The number of anilines is 3. The Balaban J connectivity index is 1.44. The molecule has 0 atom stereocenters. The number of benzene rings is 1. The number of likely N-dealkylation sites (tertiary alicyclic amines) is 1. The lowest BCUT2D eigenvalue weighted by atomic mass is 10.1. The molecule has 0 unspecified atom stereocenters. The van der Waals surface area contributed by atoms with E-state index in [4.69, 9.17) is 0 Å². The number of amides is 1. The maximum absolute atomic E-state index is 14.4. The second kappa shape index (κ2) is 9.44. The third-order valence-electron chi connectivity index (χ3n) is 5.55. The minimum atomic E-state index is -0.597. The van der Waals surface area contributed by atoms with Crippen LogP contribution < -0.4 is 10.6 Å². The second-order valence-corrected chi connectivity index (χ2v) is 8.00. The van der Waals surface area contributed by atoms with Crippen LogP contribution in [-0.4, -0.2) is 50.4 Å². The number of fused-ring (bicyclic) bond motifs is 1. The average Bonchev–Trinajstić information content (AvgIpc) is 3.33. The van der Waals surface area contributed by atoms with E-state index in [1.807, 2.05) is 6.07 Å². The first-order valence-electron chi connectivity index (χ1n) is 10.9. The van der Waals surface area contributed by atoms with Crippen LogP contribution in [0.25, 0.3) is 22.3 Å². The molecule has 0 saturated carbocycles. The first-order chi connectivity index (χ1) is 16.5. The molecule has 1 aliphatic heterocycles. The molecule has 0 bridgehead atoms. The summed E-state index contributed by atoms with van der Waals surface area (Å²) in [5.41, 5.74) is 1.15. The SMILES string of the molecule is O=C(CN1CCCC1)Nc1cc(Nc2cc(-c3cc(F)ccc3F)nc3ncccc23)ncn1. The zero-order chi connectivity index (χ0) is 23.5. The molecule has 0 radical (unpaired) electrons. The van der Waals surface area contributed by atoms with E-state index < -0.39 is 11.6 Å². The van der Waals surface area contributed by atoms with Crippen LogP contribution in [0.3, 0.4) is 0 Å². The van der Waals surface area contributed by atoms with Gasteiger partial charge in [0.25, 0.3) is 0 Å². The number of aromatic nitrogens is 4. The van der Waals surface area contributed by atoms with Gasteiger partial charge in [0.05, 0.1) is 17.9 Å². The van der Waals surface area contributed by atoms with Gasteiger partial charge in [-0.05, 0) is 62.3 Å². The van der Waals surface area contributed by atoms with Crippen molar-refractivity contribution in [2.75, 3.05) is 30.3 Å². The molecule has 10 heteroatoms. The van der Waals surface area contributed by atoms with E-state index in [2.05, 4.69) is 35.5 Å². The molecule has 1 saturated heterocycles. The van der Waals surface area contributed by atoms with E-state index in [1.54, 1.807) is 24.4 Å².